The number of halogens is 2. The Labute approximate surface area is 132 Å². The van der Waals surface area contributed by atoms with Gasteiger partial charge in [-0.25, -0.2) is 0 Å². The van der Waals surface area contributed by atoms with E-state index in [0.29, 0.717) is 9.22 Å². The highest BCUT2D eigenvalue weighted by Crippen LogP contribution is 2.25. The molecule has 0 amide bonds. The minimum atomic E-state index is -1.79. The number of benzene rings is 1. The van der Waals surface area contributed by atoms with Gasteiger partial charge in [-0.1, -0.05) is 23.8 Å². The summed E-state index contributed by atoms with van der Waals surface area (Å²) in [6, 6.07) is 8.68. The Bertz CT molecular complexity index is 783. The topological polar surface area (TPSA) is 47.0 Å². The van der Waals surface area contributed by atoms with E-state index < -0.39 is 22.4 Å². The molecule has 1 heterocycles. The summed E-state index contributed by atoms with van der Waals surface area (Å²) in [4.78, 5) is 15.6. The molecule has 7 heteroatoms. The maximum Gasteiger partial charge on any atom is 0.273 e. The summed E-state index contributed by atoms with van der Waals surface area (Å²) in [5.41, 5.74) is 1.32. The van der Waals surface area contributed by atoms with E-state index in [1.807, 2.05) is 31.2 Å². The van der Waals surface area contributed by atoms with E-state index in [1.165, 1.54) is 6.07 Å². The van der Waals surface area contributed by atoms with Crippen LogP contribution in [0.3, 0.4) is 0 Å². The molecule has 0 saturated carbocycles. The normalized spacial score (nSPS) is 12.0. The standard InChI is InChI=1S/C15H13F2NO2S2/c1-10-4-2-5-11(8-10)15-18-13(19)9-14(21-15)22(20)7-3-6-12(16)17/h2,4-6,8-9H,3,7H2,1H3. The number of aryl methyl sites for hydroxylation is 1. The molecule has 0 saturated heterocycles. The second-order valence-corrected chi connectivity index (χ2v) is 7.35. The van der Waals surface area contributed by atoms with E-state index in [2.05, 4.69) is 4.98 Å². The number of hydrogen-bond acceptors (Lipinski definition) is 4. The molecule has 1 aromatic carbocycles. The van der Waals surface area contributed by atoms with Gasteiger partial charge in [0.05, 0.1) is 15.0 Å². The third-order valence-electron chi connectivity index (χ3n) is 2.74. The molecule has 0 bridgehead atoms. The van der Waals surface area contributed by atoms with Gasteiger partial charge in [-0.15, -0.1) is 11.3 Å². The number of rotatable bonds is 5. The number of nitrogens with zero attached hydrogens (tertiary/aromatic N) is 1. The average Bonchev–Trinajstić information content (AvgIpc) is 2.46. The maximum atomic E-state index is 12.1. The Hall–Kier alpha value is -1.73. The third-order valence-corrected chi connectivity index (χ3v) is 5.56. The SMILES string of the molecule is Cc1cccc(-c2nc(=O)cc(S(=O)CCC=C(F)F)s2)c1. The summed E-state index contributed by atoms with van der Waals surface area (Å²) < 4.78 is 36.4. The number of aromatic nitrogens is 1. The van der Waals surface area contributed by atoms with Crippen molar-refractivity contribution < 1.29 is 13.0 Å². The van der Waals surface area contributed by atoms with E-state index >= 15 is 0 Å². The van der Waals surface area contributed by atoms with Crippen LogP contribution < -0.4 is 5.56 Å². The molecular weight excluding hydrogens is 328 g/mol. The van der Waals surface area contributed by atoms with Crippen LogP contribution in [0.4, 0.5) is 8.78 Å². The molecule has 0 aliphatic rings. The fourth-order valence-corrected chi connectivity index (χ4v) is 4.12. The molecule has 1 atom stereocenters. The molecule has 1 aromatic heterocycles. The van der Waals surface area contributed by atoms with Crippen molar-refractivity contribution in [3.8, 4) is 10.6 Å². The van der Waals surface area contributed by atoms with Crippen molar-refractivity contribution >= 4 is 22.1 Å². The summed E-state index contributed by atoms with van der Waals surface area (Å²) in [5.74, 6) is 0.0462. The smallest absolute Gasteiger partial charge is 0.267 e. The summed E-state index contributed by atoms with van der Waals surface area (Å²) in [7, 11) is -1.50. The molecule has 1 unspecified atom stereocenters. The highest BCUT2D eigenvalue weighted by atomic mass is 32.2. The molecular formula is C15H13F2NO2S2. The third kappa shape index (κ3) is 4.64. The van der Waals surface area contributed by atoms with Crippen LogP contribution in [-0.4, -0.2) is 14.9 Å². The van der Waals surface area contributed by atoms with Crippen LogP contribution in [0.25, 0.3) is 10.6 Å². The monoisotopic (exact) mass is 341 g/mol. The maximum absolute atomic E-state index is 12.1. The molecule has 0 fully saturated rings. The molecule has 0 N–H and O–H groups in total. The molecule has 2 rings (SSSR count). The highest BCUT2D eigenvalue weighted by Gasteiger charge is 2.10. The minimum absolute atomic E-state index is 0.00203. The molecule has 116 valence electrons. The van der Waals surface area contributed by atoms with Crippen LogP contribution in [0.5, 0.6) is 0 Å². The zero-order chi connectivity index (χ0) is 16.1. The van der Waals surface area contributed by atoms with Gasteiger partial charge >= 0.3 is 0 Å². The van der Waals surface area contributed by atoms with Crippen molar-refractivity contribution in [3.63, 3.8) is 0 Å². The fraction of sp³-hybridized carbons (Fsp3) is 0.200. The Kier molecular flexibility index (Phi) is 5.68. The first-order valence-corrected chi connectivity index (χ1v) is 8.58. The lowest BCUT2D eigenvalue weighted by molar-refractivity contribution is 0.418. The molecule has 3 nitrogen and oxygen atoms in total. The summed E-state index contributed by atoms with van der Waals surface area (Å²) >= 11 is 1.15. The fourth-order valence-electron chi connectivity index (χ4n) is 1.77. The van der Waals surface area contributed by atoms with E-state index in [4.69, 9.17) is 0 Å². The first-order valence-electron chi connectivity index (χ1n) is 6.44. The second kappa shape index (κ2) is 7.51. The number of hydrogen-bond donors (Lipinski definition) is 0. The molecule has 0 spiro atoms. The lowest BCUT2D eigenvalue weighted by atomic mass is 10.1. The van der Waals surface area contributed by atoms with Gasteiger partial charge in [0.2, 0.25) is 0 Å². The summed E-state index contributed by atoms with van der Waals surface area (Å²) in [6.45, 7) is 1.92. The summed E-state index contributed by atoms with van der Waals surface area (Å²) in [5, 5.41) is 0.478. The van der Waals surface area contributed by atoms with Crippen LogP contribution in [0.1, 0.15) is 12.0 Å². The summed E-state index contributed by atoms with van der Waals surface area (Å²) in [6.07, 6.45) is -1.07. The van der Waals surface area contributed by atoms with Crippen molar-refractivity contribution in [2.45, 2.75) is 17.6 Å². The van der Waals surface area contributed by atoms with E-state index in [0.717, 1.165) is 28.5 Å². The van der Waals surface area contributed by atoms with E-state index in [1.54, 1.807) is 0 Å². The van der Waals surface area contributed by atoms with Gasteiger partial charge in [-0.2, -0.15) is 13.8 Å². The first-order chi connectivity index (χ1) is 10.5. The van der Waals surface area contributed by atoms with Gasteiger partial charge < -0.3 is 0 Å². The van der Waals surface area contributed by atoms with Crippen molar-refractivity contribution in [2.75, 3.05) is 5.75 Å². The minimum Gasteiger partial charge on any atom is -0.267 e. The van der Waals surface area contributed by atoms with Crippen LogP contribution in [0, 0.1) is 6.92 Å². The van der Waals surface area contributed by atoms with Gasteiger partial charge in [0.1, 0.15) is 5.01 Å². The largest absolute Gasteiger partial charge is 0.273 e. The van der Waals surface area contributed by atoms with Crippen LogP contribution in [0.2, 0.25) is 0 Å². The zero-order valence-corrected chi connectivity index (χ0v) is 13.3. The highest BCUT2D eigenvalue weighted by molar-refractivity contribution is 7.87. The lowest BCUT2D eigenvalue weighted by Crippen LogP contribution is -2.07. The Balaban J connectivity index is 2.29. The average molecular weight is 341 g/mol. The van der Waals surface area contributed by atoms with Gasteiger partial charge in [-0.3, -0.25) is 9.00 Å². The van der Waals surface area contributed by atoms with Gasteiger partial charge in [0, 0.05) is 17.4 Å². The van der Waals surface area contributed by atoms with Gasteiger partial charge in [0.15, 0.2) is 0 Å². The second-order valence-electron chi connectivity index (χ2n) is 4.52. The Morgan fingerprint density at radius 1 is 1.36 bits per heavy atom. The van der Waals surface area contributed by atoms with Crippen LogP contribution >= 0.6 is 11.3 Å². The molecule has 2 aromatic rings. The van der Waals surface area contributed by atoms with E-state index in [9.17, 15) is 17.8 Å². The molecule has 22 heavy (non-hydrogen) atoms. The molecule has 0 radical (unpaired) electrons. The van der Waals surface area contributed by atoms with Gasteiger partial charge in [-0.05, 0) is 25.5 Å². The van der Waals surface area contributed by atoms with Crippen LogP contribution in [0.15, 0.2) is 51.5 Å². The molecule has 0 aliphatic carbocycles. The van der Waals surface area contributed by atoms with Crippen molar-refractivity contribution in [2.24, 2.45) is 0 Å². The van der Waals surface area contributed by atoms with Gasteiger partial charge in [0.25, 0.3) is 11.6 Å². The number of allylic oxidation sites excluding steroid dienone is 1. The van der Waals surface area contributed by atoms with Crippen molar-refractivity contribution in [1.29, 1.82) is 0 Å². The van der Waals surface area contributed by atoms with Crippen LogP contribution in [-0.2, 0) is 10.8 Å². The predicted octanol–water partition coefficient (Wildman–Crippen LogP) is 3.76. The first kappa shape index (κ1) is 16.6. The quantitative estimate of drug-likeness (QED) is 0.832. The zero-order valence-electron chi connectivity index (χ0n) is 11.7. The molecule has 0 aliphatic heterocycles. The van der Waals surface area contributed by atoms with E-state index in [-0.39, 0.29) is 12.2 Å². The van der Waals surface area contributed by atoms with Crippen molar-refractivity contribution in [3.05, 3.63) is 58.4 Å². The Morgan fingerprint density at radius 3 is 2.82 bits per heavy atom. The van der Waals surface area contributed by atoms with Crippen molar-refractivity contribution in [1.82, 2.24) is 4.98 Å². The Morgan fingerprint density at radius 2 is 2.14 bits per heavy atom. The predicted molar refractivity (Wildman–Crippen MR) is 84.7 cm³/mol. The lowest BCUT2D eigenvalue weighted by Gasteiger charge is -2.04.